The first-order chi connectivity index (χ1) is 11.1. The first-order valence-electron chi connectivity index (χ1n) is 7.96. The zero-order valence-corrected chi connectivity index (χ0v) is 16.8. The molecule has 1 aliphatic heterocycles. The van der Waals surface area contributed by atoms with Crippen molar-refractivity contribution < 1.29 is 10.2 Å². The molecule has 3 rings (SSSR count). The van der Waals surface area contributed by atoms with Crippen LogP contribution in [0.4, 0.5) is 0 Å². The maximum Gasteiger partial charge on any atom is 0.135 e. The second-order valence-corrected chi connectivity index (χ2v) is 6.82. The summed E-state index contributed by atoms with van der Waals surface area (Å²) in [5.41, 5.74) is 1.61. The van der Waals surface area contributed by atoms with Gasteiger partial charge in [-0.3, -0.25) is 0 Å². The van der Waals surface area contributed by atoms with Gasteiger partial charge in [-0.1, -0.05) is 23.2 Å². The zero-order chi connectivity index (χ0) is 16.4. The SMILES string of the molecule is Cl.Cl.OCc1nc2cc(Cl)c(Cl)cc2n1CCCC1NCCCC1O. The fourth-order valence-corrected chi connectivity index (χ4v) is 3.56. The van der Waals surface area contributed by atoms with Gasteiger partial charge >= 0.3 is 0 Å². The van der Waals surface area contributed by atoms with Gasteiger partial charge in [0.05, 0.1) is 27.2 Å². The highest BCUT2D eigenvalue weighted by atomic mass is 35.5. The number of benzene rings is 1. The second kappa shape index (κ2) is 10.2. The number of hydrogen-bond acceptors (Lipinski definition) is 4. The van der Waals surface area contributed by atoms with Crippen molar-refractivity contribution in [2.75, 3.05) is 6.54 Å². The molecule has 2 unspecified atom stereocenters. The third-order valence-electron chi connectivity index (χ3n) is 4.46. The fraction of sp³-hybridized carbons (Fsp3) is 0.562. The highest BCUT2D eigenvalue weighted by Crippen LogP contribution is 2.28. The molecule has 0 spiro atoms. The number of piperidine rings is 1. The van der Waals surface area contributed by atoms with E-state index < -0.39 is 0 Å². The quantitative estimate of drug-likeness (QED) is 0.677. The van der Waals surface area contributed by atoms with Crippen molar-refractivity contribution >= 4 is 59.0 Å². The lowest BCUT2D eigenvalue weighted by Crippen LogP contribution is -2.44. The summed E-state index contributed by atoms with van der Waals surface area (Å²) in [6, 6.07) is 3.66. The molecule has 0 aliphatic carbocycles. The lowest BCUT2D eigenvalue weighted by molar-refractivity contribution is 0.0908. The number of aliphatic hydroxyl groups excluding tert-OH is 2. The molecule has 1 saturated heterocycles. The Morgan fingerprint density at radius 1 is 1.24 bits per heavy atom. The van der Waals surface area contributed by atoms with Crippen LogP contribution in [0.5, 0.6) is 0 Å². The van der Waals surface area contributed by atoms with Crippen molar-refractivity contribution in [3.05, 3.63) is 28.0 Å². The van der Waals surface area contributed by atoms with E-state index in [1.165, 1.54) is 0 Å². The fourth-order valence-electron chi connectivity index (χ4n) is 3.24. The summed E-state index contributed by atoms with van der Waals surface area (Å²) in [6.07, 6.45) is 3.38. The number of aryl methyl sites for hydroxylation is 1. The van der Waals surface area contributed by atoms with Crippen LogP contribution in [0.1, 0.15) is 31.5 Å². The van der Waals surface area contributed by atoms with Gasteiger partial charge in [0.2, 0.25) is 0 Å². The van der Waals surface area contributed by atoms with Crippen LogP contribution in [-0.4, -0.2) is 38.5 Å². The van der Waals surface area contributed by atoms with E-state index in [9.17, 15) is 10.2 Å². The predicted octanol–water partition coefficient (Wildman–Crippen LogP) is 3.57. The maximum absolute atomic E-state index is 10.0. The molecule has 2 heterocycles. The number of aromatic nitrogens is 2. The molecule has 5 nitrogen and oxygen atoms in total. The molecule has 1 aromatic carbocycles. The molecular weight excluding hydrogens is 408 g/mol. The first kappa shape index (κ1) is 22.8. The number of hydrogen-bond donors (Lipinski definition) is 3. The Balaban J connectivity index is 0.00000156. The average Bonchev–Trinajstić information content (AvgIpc) is 2.87. The van der Waals surface area contributed by atoms with E-state index in [4.69, 9.17) is 23.2 Å². The molecule has 2 aromatic rings. The summed E-state index contributed by atoms with van der Waals surface area (Å²) < 4.78 is 1.98. The minimum atomic E-state index is -0.270. The number of fused-ring (bicyclic) bond motifs is 1. The summed E-state index contributed by atoms with van der Waals surface area (Å²) in [5, 5.41) is 23.9. The zero-order valence-electron chi connectivity index (χ0n) is 13.6. The maximum atomic E-state index is 10.0. The van der Waals surface area contributed by atoms with E-state index in [0.717, 1.165) is 49.8 Å². The Morgan fingerprint density at radius 3 is 2.64 bits per heavy atom. The molecule has 0 radical (unpaired) electrons. The Labute approximate surface area is 169 Å². The van der Waals surface area contributed by atoms with Crippen LogP contribution in [0.2, 0.25) is 10.0 Å². The molecule has 0 amide bonds. The highest BCUT2D eigenvalue weighted by Gasteiger charge is 2.22. The number of imidazole rings is 1. The van der Waals surface area contributed by atoms with Crippen LogP contribution in [0.15, 0.2) is 12.1 Å². The first-order valence-corrected chi connectivity index (χ1v) is 8.72. The van der Waals surface area contributed by atoms with E-state index >= 15 is 0 Å². The van der Waals surface area contributed by atoms with Crippen LogP contribution in [-0.2, 0) is 13.2 Å². The molecule has 25 heavy (non-hydrogen) atoms. The van der Waals surface area contributed by atoms with Crippen molar-refractivity contribution in [1.29, 1.82) is 0 Å². The van der Waals surface area contributed by atoms with E-state index in [1.54, 1.807) is 12.1 Å². The van der Waals surface area contributed by atoms with Gasteiger partial charge in [-0.2, -0.15) is 0 Å². The van der Waals surface area contributed by atoms with E-state index in [2.05, 4.69) is 10.3 Å². The average molecular weight is 431 g/mol. The highest BCUT2D eigenvalue weighted by molar-refractivity contribution is 6.42. The summed E-state index contributed by atoms with van der Waals surface area (Å²) in [5.74, 6) is 0.607. The van der Waals surface area contributed by atoms with Crippen LogP contribution in [0.25, 0.3) is 11.0 Å². The minimum Gasteiger partial charge on any atom is -0.392 e. The molecule has 9 heteroatoms. The summed E-state index contributed by atoms with van der Waals surface area (Å²) in [6.45, 7) is 1.55. The Hall–Kier alpha value is -0.270. The monoisotopic (exact) mass is 429 g/mol. The van der Waals surface area contributed by atoms with Crippen LogP contribution >= 0.6 is 48.0 Å². The smallest absolute Gasteiger partial charge is 0.135 e. The van der Waals surface area contributed by atoms with E-state index in [0.29, 0.717) is 15.9 Å². The summed E-state index contributed by atoms with van der Waals surface area (Å²) >= 11 is 12.1. The van der Waals surface area contributed by atoms with Gasteiger partial charge in [0, 0.05) is 12.6 Å². The van der Waals surface area contributed by atoms with Crippen LogP contribution in [0, 0.1) is 0 Å². The molecule has 3 N–H and O–H groups in total. The molecule has 0 bridgehead atoms. The predicted molar refractivity (Wildman–Crippen MR) is 106 cm³/mol. The molecule has 1 aromatic heterocycles. The molecule has 2 atom stereocenters. The van der Waals surface area contributed by atoms with Crippen molar-refractivity contribution in [3.63, 3.8) is 0 Å². The second-order valence-electron chi connectivity index (χ2n) is 6.01. The molecular formula is C16H23Cl4N3O2. The van der Waals surface area contributed by atoms with Crippen LogP contribution < -0.4 is 5.32 Å². The third kappa shape index (κ3) is 5.13. The Morgan fingerprint density at radius 2 is 1.96 bits per heavy atom. The Bertz CT molecular complexity index is 696. The van der Waals surface area contributed by atoms with Gasteiger partial charge in [0.1, 0.15) is 12.4 Å². The largest absolute Gasteiger partial charge is 0.392 e. The third-order valence-corrected chi connectivity index (χ3v) is 5.18. The number of aliphatic hydroxyl groups is 2. The molecule has 1 fully saturated rings. The van der Waals surface area contributed by atoms with Gasteiger partial charge in [-0.25, -0.2) is 4.98 Å². The lowest BCUT2D eigenvalue weighted by atomic mass is 9.97. The number of rotatable bonds is 5. The van der Waals surface area contributed by atoms with Crippen molar-refractivity contribution in [2.24, 2.45) is 0 Å². The number of halogens is 4. The Kier molecular flexibility index (Phi) is 9.26. The number of nitrogens with zero attached hydrogens (tertiary/aromatic N) is 2. The van der Waals surface area contributed by atoms with Gasteiger partial charge in [-0.05, 0) is 44.4 Å². The topological polar surface area (TPSA) is 70.3 Å². The summed E-state index contributed by atoms with van der Waals surface area (Å²) in [4.78, 5) is 4.42. The molecule has 0 saturated carbocycles. The normalized spacial score (nSPS) is 20.2. The molecule has 142 valence electrons. The van der Waals surface area contributed by atoms with Gasteiger partial charge < -0.3 is 20.1 Å². The summed E-state index contributed by atoms with van der Waals surface area (Å²) in [7, 11) is 0. The standard InChI is InChI=1S/C16H21Cl2N3O2.2ClH/c17-10-7-13-14(8-11(10)18)21(16(9-22)20-13)6-2-3-12-15(23)4-1-5-19-12;;/h7-8,12,15,19,22-23H,1-6,9H2;2*1H. The van der Waals surface area contributed by atoms with Crippen molar-refractivity contribution in [3.8, 4) is 0 Å². The van der Waals surface area contributed by atoms with Crippen molar-refractivity contribution in [2.45, 2.75) is 51.0 Å². The van der Waals surface area contributed by atoms with Crippen molar-refractivity contribution in [1.82, 2.24) is 14.9 Å². The van der Waals surface area contributed by atoms with E-state index in [-0.39, 0.29) is 43.6 Å². The minimum absolute atomic E-state index is 0. The number of nitrogens with one attached hydrogen (secondary N) is 1. The lowest BCUT2D eigenvalue weighted by Gasteiger charge is -2.29. The van der Waals surface area contributed by atoms with Crippen LogP contribution in [0.3, 0.4) is 0 Å². The van der Waals surface area contributed by atoms with Gasteiger partial charge in [-0.15, -0.1) is 24.8 Å². The molecule has 1 aliphatic rings. The van der Waals surface area contributed by atoms with Gasteiger partial charge in [0.15, 0.2) is 0 Å². The van der Waals surface area contributed by atoms with Gasteiger partial charge in [0.25, 0.3) is 0 Å². The van der Waals surface area contributed by atoms with E-state index in [1.807, 2.05) is 4.57 Å².